The highest BCUT2D eigenvalue weighted by molar-refractivity contribution is 6.26. The van der Waals surface area contributed by atoms with Crippen molar-refractivity contribution in [1.29, 1.82) is 0 Å². The zero-order chi connectivity index (χ0) is 30.5. The van der Waals surface area contributed by atoms with Crippen LogP contribution in [0.3, 0.4) is 0 Å². The first-order valence-electron chi connectivity index (χ1n) is 15.4. The number of nitrogens with zero attached hydrogens (tertiary/aromatic N) is 4. The fraction of sp³-hybridized carbons (Fsp3) is 0. The molecule has 46 heavy (non-hydrogen) atoms. The van der Waals surface area contributed by atoms with Crippen molar-refractivity contribution in [3.05, 3.63) is 158 Å². The van der Waals surface area contributed by atoms with Gasteiger partial charge in [0, 0.05) is 45.4 Å². The van der Waals surface area contributed by atoms with Crippen molar-refractivity contribution < 1.29 is 0 Å². The van der Waals surface area contributed by atoms with Gasteiger partial charge in [0.25, 0.3) is 0 Å². The fourth-order valence-corrected chi connectivity index (χ4v) is 6.50. The molecule has 9 rings (SSSR count). The van der Waals surface area contributed by atoms with Gasteiger partial charge in [-0.3, -0.25) is 0 Å². The van der Waals surface area contributed by atoms with Crippen LogP contribution in [0.1, 0.15) is 0 Å². The highest BCUT2D eigenvalue weighted by Gasteiger charge is 2.16. The van der Waals surface area contributed by atoms with Crippen LogP contribution < -0.4 is 0 Å². The van der Waals surface area contributed by atoms with Crippen molar-refractivity contribution in [1.82, 2.24) is 19.9 Å². The first-order valence-corrected chi connectivity index (χ1v) is 15.4. The summed E-state index contributed by atoms with van der Waals surface area (Å²) in [4.78, 5) is 20.1. The van der Waals surface area contributed by atoms with Crippen LogP contribution in [0, 0.1) is 0 Å². The molecule has 0 spiro atoms. The second-order valence-electron chi connectivity index (χ2n) is 11.5. The number of hydrogen-bond acceptors (Lipinski definition) is 4. The molecule has 2 heterocycles. The molecule has 0 unspecified atom stereocenters. The van der Waals surface area contributed by atoms with E-state index in [4.69, 9.17) is 19.9 Å². The molecule has 0 aliphatic heterocycles. The molecule has 0 saturated heterocycles. The largest absolute Gasteiger partial charge is 0.236 e. The number of aromatic nitrogens is 4. The molecule has 214 valence electrons. The maximum Gasteiger partial charge on any atom is 0.159 e. The van der Waals surface area contributed by atoms with Crippen molar-refractivity contribution in [2.75, 3.05) is 0 Å². The molecule has 0 radical (unpaired) electrons. The molecule has 2 aromatic heterocycles. The van der Waals surface area contributed by atoms with E-state index < -0.39 is 0 Å². The molecule has 0 aliphatic carbocycles. The molecule has 0 saturated carbocycles. The standard InChI is InChI=1S/C42H26N4/c1-3-12-27(13-4-1)39-37(25-43-41(45-39)28-14-5-2-6-15-28)31-18-11-19-32(22-31)42-44-26-38-34-21-10-9-20-33(34)35-23-29-16-7-8-17-30(29)24-36(35)40(38)46-42/h1-26H. The monoisotopic (exact) mass is 586 g/mol. The second-order valence-corrected chi connectivity index (χ2v) is 11.5. The minimum Gasteiger partial charge on any atom is -0.236 e. The lowest BCUT2D eigenvalue weighted by Gasteiger charge is -2.13. The van der Waals surface area contributed by atoms with Crippen LogP contribution in [0.2, 0.25) is 0 Å². The average Bonchev–Trinajstić information content (AvgIpc) is 3.14. The minimum atomic E-state index is 0.683. The van der Waals surface area contributed by atoms with E-state index in [-0.39, 0.29) is 0 Å². The molecule has 0 atom stereocenters. The van der Waals surface area contributed by atoms with Crippen molar-refractivity contribution in [2.45, 2.75) is 0 Å². The number of fused-ring (bicyclic) bond motifs is 7. The smallest absolute Gasteiger partial charge is 0.159 e. The van der Waals surface area contributed by atoms with Gasteiger partial charge >= 0.3 is 0 Å². The van der Waals surface area contributed by atoms with E-state index >= 15 is 0 Å². The summed E-state index contributed by atoms with van der Waals surface area (Å²) in [7, 11) is 0. The molecule has 0 N–H and O–H groups in total. The predicted octanol–water partition coefficient (Wildman–Crippen LogP) is 10.5. The summed E-state index contributed by atoms with van der Waals surface area (Å²) < 4.78 is 0. The van der Waals surface area contributed by atoms with Crippen LogP contribution in [0.25, 0.3) is 88.4 Å². The van der Waals surface area contributed by atoms with E-state index in [9.17, 15) is 0 Å². The highest BCUT2D eigenvalue weighted by atomic mass is 14.9. The van der Waals surface area contributed by atoms with Crippen molar-refractivity contribution in [3.8, 4) is 45.2 Å². The van der Waals surface area contributed by atoms with Crippen LogP contribution in [0.15, 0.2) is 158 Å². The molecule has 0 fully saturated rings. The molecular formula is C42H26N4. The molecule has 4 heteroatoms. The Balaban J connectivity index is 1.23. The van der Waals surface area contributed by atoms with Gasteiger partial charge in [-0.2, -0.15) is 0 Å². The van der Waals surface area contributed by atoms with E-state index in [1.165, 1.54) is 21.5 Å². The Labute approximate surface area is 265 Å². The Morgan fingerprint density at radius 1 is 0.348 bits per heavy atom. The topological polar surface area (TPSA) is 51.6 Å². The summed E-state index contributed by atoms with van der Waals surface area (Å²) in [6.45, 7) is 0. The Bertz CT molecular complexity index is 2580. The summed E-state index contributed by atoms with van der Waals surface area (Å²) in [5.41, 5.74) is 6.76. The zero-order valence-corrected chi connectivity index (χ0v) is 24.8. The van der Waals surface area contributed by atoms with Crippen LogP contribution >= 0.6 is 0 Å². The van der Waals surface area contributed by atoms with Gasteiger partial charge in [0.05, 0.1) is 11.2 Å². The van der Waals surface area contributed by atoms with E-state index in [1.54, 1.807) is 0 Å². The number of rotatable bonds is 4. The SMILES string of the molecule is c1ccc(-c2ncc(-c3cccc(-c4ncc5c6ccccc6c6cc7ccccc7cc6c5n4)c3)c(-c3ccccc3)n2)cc1. The van der Waals surface area contributed by atoms with Crippen LogP contribution in [-0.2, 0) is 0 Å². The van der Waals surface area contributed by atoms with Crippen LogP contribution in [-0.4, -0.2) is 19.9 Å². The van der Waals surface area contributed by atoms with Crippen LogP contribution in [0.5, 0.6) is 0 Å². The summed E-state index contributed by atoms with van der Waals surface area (Å²) in [6.07, 6.45) is 3.91. The van der Waals surface area contributed by atoms with E-state index in [0.29, 0.717) is 11.6 Å². The predicted molar refractivity (Wildman–Crippen MR) is 189 cm³/mol. The van der Waals surface area contributed by atoms with Crippen molar-refractivity contribution in [3.63, 3.8) is 0 Å². The maximum absolute atomic E-state index is 5.26. The zero-order valence-electron chi connectivity index (χ0n) is 24.8. The summed E-state index contributed by atoms with van der Waals surface area (Å²) >= 11 is 0. The van der Waals surface area contributed by atoms with E-state index in [0.717, 1.165) is 55.2 Å². The lowest BCUT2D eigenvalue weighted by molar-refractivity contribution is 1.18. The van der Waals surface area contributed by atoms with Gasteiger partial charge in [-0.15, -0.1) is 0 Å². The van der Waals surface area contributed by atoms with Gasteiger partial charge in [-0.05, 0) is 50.7 Å². The number of hydrogen-bond donors (Lipinski definition) is 0. The maximum atomic E-state index is 5.26. The van der Waals surface area contributed by atoms with Gasteiger partial charge in [0.2, 0.25) is 0 Å². The molecule has 9 aromatic rings. The third-order valence-electron chi connectivity index (χ3n) is 8.74. The van der Waals surface area contributed by atoms with Gasteiger partial charge in [0.1, 0.15) is 0 Å². The highest BCUT2D eigenvalue weighted by Crippen LogP contribution is 2.38. The Hall–Kier alpha value is -6.26. The molecule has 0 amide bonds. The van der Waals surface area contributed by atoms with Crippen molar-refractivity contribution >= 4 is 43.2 Å². The lowest BCUT2D eigenvalue weighted by Crippen LogP contribution is -1.97. The van der Waals surface area contributed by atoms with E-state index in [1.807, 2.05) is 60.9 Å². The van der Waals surface area contributed by atoms with Gasteiger partial charge in [0.15, 0.2) is 11.6 Å². The fourth-order valence-electron chi connectivity index (χ4n) is 6.50. The summed E-state index contributed by atoms with van der Waals surface area (Å²) in [5, 5.41) is 8.16. The number of benzene rings is 7. The minimum absolute atomic E-state index is 0.683. The quantitative estimate of drug-likeness (QED) is 0.152. The summed E-state index contributed by atoms with van der Waals surface area (Å²) in [6, 6.07) is 50.4. The van der Waals surface area contributed by atoms with Crippen molar-refractivity contribution in [2.24, 2.45) is 0 Å². The van der Waals surface area contributed by atoms with Gasteiger partial charge in [-0.25, -0.2) is 19.9 Å². The first-order chi connectivity index (χ1) is 22.8. The summed E-state index contributed by atoms with van der Waals surface area (Å²) in [5.74, 6) is 1.38. The third kappa shape index (κ3) is 4.39. The second kappa shape index (κ2) is 10.7. The third-order valence-corrected chi connectivity index (χ3v) is 8.74. The van der Waals surface area contributed by atoms with Crippen LogP contribution in [0.4, 0.5) is 0 Å². The van der Waals surface area contributed by atoms with E-state index in [2.05, 4.69) is 97.1 Å². The first kappa shape index (κ1) is 26.2. The molecule has 0 bridgehead atoms. The van der Waals surface area contributed by atoms with Gasteiger partial charge in [-0.1, -0.05) is 127 Å². The normalized spacial score (nSPS) is 11.5. The Morgan fingerprint density at radius 3 is 1.67 bits per heavy atom. The lowest BCUT2D eigenvalue weighted by atomic mass is 9.95. The Morgan fingerprint density at radius 2 is 0.913 bits per heavy atom. The average molecular weight is 587 g/mol. The molecule has 0 aliphatic rings. The molecular weight excluding hydrogens is 560 g/mol. The Kier molecular flexibility index (Phi) is 6.10. The molecule has 7 aromatic carbocycles. The van der Waals surface area contributed by atoms with Gasteiger partial charge < -0.3 is 0 Å². The molecule has 4 nitrogen and oxygen atoms in total.